The normalized spacial score (nSPS) is 11.0. The third kappa shape index (κ3) is 5.10. The lowest BCUT2D eigenvalue weighted by atomic mass is 10.1. The number of nitrogens with one attached hydrogen (secondary N) is 1. The van der Waals surface area contributed by atoms with Crippen LogP contribution < -0.4 is 15.3 Å². The van der Waals surface area contributed by atoms with Crippen LogP contribution in [-0.2, 0) is 4.79 Å². The number of carbonyl (C=O) groups is 2. The van der Waals surface area contributed by atoms with Crippen LogP contribution in [0.25, 0.3) is 0 Å². The minimum atomic E-state index is -1.31. The summed E-state index contributed by atoms with van der Waals surface area (Å²) in [5.41, 5.74) is 4.04. The maximum absolute atomic E-state index is 12.0. The van der Waals surface area contributed by atoms with Crippen LogP contribution in [0.2, 0.25) is 5.02 Å². The molecule has 0 spiro atoms. The standard InChI is InChI=1S/C17H15ClN2O4/c1-11(12-4-3-7-15(9-12)24-10-16(21)22)19-20-17(23)13-5-2-6-14(18)8-13/h2-9H,10H2,1H3,(H,20,23)(H,21,22)/p-1/b19-11-. The van der Waals surface area contributed by atoms with Gasteiger partial charge in [0, 0.05) is 16.1 Å². The Morgan fingerprint density at radius 2 is 1.88 bits per heavy atom. The minimum absolute atomic E-state index is 0.368. The summed E-state index contributed by atoms with van der Waals surface area (Å²) in [7, 11) is 0. The Balaban J connectivity index is 2.06. The molecule has 0 aliphatic carbocycles. The Morgan fingerprint density at radius 1 is 1.17 bits per heavy atom. The molecule has 2 rings (SSSR count). The van der Waals surface area contributed by atoms with Crippen molar-refractivity contribution in [1.29, 1.82) is 0 Å². The van der Waals surface area contributed by atoms with E-state index in [4.69, 9.17) is 16.3 Å². The minimum Gasteiger partial charge on any atom is -0.546 e. The van der Waals surface area contributed by atoms with Crippen molar-refractivity contribution in [2.45, 2.75) is 6.92 Å². The molecule has 0 heterocycles. The first-order valence-corrected chi connectivity index (χ1v) is 7.37. The van der Waals surface area contributed by atoms with Crippen LogP contribution in [0, 0.1) is 0 Å². The van der Waals surface area contributed by atoms with Crippen LogP contribution in [0.4, 0.5) is 0 Å². The highest BCUT2D eigenvalue weighted by Gasteiger charge is 2.06. The second-order valence-corrected chi connectivity index (χ2v) is 5.27. The van der Waals surface area contributed by atoms with Crippen molar-refractivity contribution in [3.8, 4) is 5.75 Å². The number of halogens is 1. The molecule has 0 fully saturated rings. The van der Waals surface area contributed by atoms with Gasteiger partial charge in [-0.1, -0.05) is 29.8 Å². The highest BCUT2D eigenvalue weighted by atomic mass is 35.5. The number of carboxylic acids is 1. The lowest BCUT2D eigenvalue weighted by molar-refractivity contribution is -0.307. The van der Waals surface area contributed by atoms with Crippen LogP contribution in [0.1, 0.15) is 22.8 Å². The van der Waals surface area contributed by atoms with Gasteiger partial charge >= 0.3 is 0 Å². The lowest BCUT2D eigenvalue weighted by Crippen LogP contribution is -2.28. The number of benzene rings is 2. The number of carbonyl (C=O) groups excluding carboxylic acids is 2. The number of hydrazone groups is 1. The fraction of sp³-hybridized carbons (Fsp3) is 0.118. The fourth-order valence-electron chi connectivity index (χ4n) is 1.85. The van der Waals surface area contributed by atoms with Crippen molar-refractivity contribution >= 4 is 29.2 Å². The number of hydrogen-bond donors (Lipinski definition) is 1. The number of rotatable bonds is 6. The Labute approximate surface area is 143 Å². The van der Waals surface area contributed by atoms with Crippen molar-refractivity contribution < 1.29 is 19.4 Å². The maximum atomic E-state index is 12.0. The first-order chi connectivity index (χ1) is 11.5. The van der Waals surface area contributed by atoms with E-state index in [1.54, 1.807) is 49.4 Å². The predicted molar refractivity (Wildman–Crippen MR) is 88.1 cm³/mol. The predicted octanol–water partition coefficient (Wildman–Crippen LogP) is 1.62. The van der Waals surface area contributed by atoms with Gasteiger partial charge in [-0.15, -0.1) is 0 Å². The molecule has 6 nitrogen and oxygen atoms in total. The molecule has 124 valence electrons. The van der Waals surface area contributed by atoms with E-state index in [0.717, 1.165) is 0 Å². The zero-order chi connectivity index (χ0) is 17.5. The van der Waals surface area contributed by atoms with E-state index >= 15 is 0 Å². The third-order valence-electron chi connectivity index (χ3n) is 3.02. The Kier molecular flexibility index (Phi) is 5.92. The first kappa shape index (κ1) is 17.5. The highest BCUT2D eigenvalue weighted by Crippen LogP contribution is 2.14. The molecular weight excluding hydrogens is 332 g/mol. The SMILES string of the molecule is C/C(=N/NC(=O)c1cccc(Cl)c1)c1cccc(OCC(=O)[O-])c1. The van der Waals surface area contributed by atoms with Gasteiger partial charge in [-0.25, -0.2) is 5.43 Å². The van der Waals surface area contributed by atoms with Gasteiger partial charge in [-0.05, 0) is 37.3 Å². The summed E-state index contributed by atoms with van der Waals surface area (Å²) < 4.78 is 5.05. The van der Waals surface area contributed by atoms with E-state index in [1.807, 2.05) is 0 Å². The molecule has 2 aromatic carbocycles. The molecule has 0 atom stereocenters. The number of nitrogens with zero attached hydrogens (tertiary/aromatic N) is 1. The number of amides is 1. The second kappa shape index (κ2) is 8.12. The molecule has 24 heavy (non-hydrogen) atoms. The molecule has 0 aliphatic heterocycles. The van der Waals surface area contributed by atoms with Gasteiger partial charge in [0.2, 0.25) is 0 Å². The van der Waals surface area contributed by atoms with Crippen LogP contribution in [0.3, 0.4) is 0 Å². The topological polar surface area (TPSA) is 90.8 Å². The Hall–Kier alpha value is -2.86. The van der Waals surface area contributed by atoms with Crippen molar-refractivity contribution in [2.24, 2.45) is 5.10 Å². The van der Waals surface area contributed by atoms with Crippen molar-refractivity contribution in [1.82, 2.24) is 5.43 Å². The van der Waals surface area contributed by atoms with E-state index in [9.17, 15) is 14.7 Å². The van der Waals surface area contributed by atoms with Gasteiger partial charge in [-0.3, -0.25) is 4.79 Å². The van der Waals surface area contributed by atoms with Gasteiger partial charge < -0.3 is 14.6 Å². The largest absolute Gasteiger partial charge is 0.546 e. The van der Waals surface area contributed by atoms with E-state index in [2.05, 4.69) is 10.5 Å². The van der Waals surface area contributed by atoms with Gasteiger partial charge in [0.05, 0.1) is 11.7 Å². The number of ether oxygens (including phenoxy) is 1. The Morgan fingerprint density at radius 3 is 2.58 bits per heavy atom. The number of aliphatic carboxylic acids is 1. The van der Waals surface area contributed by atoms with E-state index in [-0.39, 0.29) is 5.91 Å². The summed E-state index contributed by atoms with van der Waals surface area (Å²) in [5, 5.41) is 14.9. The summed E-state index contributed by atoms with van der Waals surface area (Å²) in [6.45, 7) is 1.17. The molecule has 1 N–H and O–H groups in total. The Bertz CT molecular complexity index is 790. The maximum Gasteiger partial charge on any atom is 0.271 e. The number of carboxylic acid groups (broad SMARTS) is 1. The summed E-state index contributed by atoms with van der Waals surface area (Å²) in [6.07, 6.45) is 0. The van der Waals surface area contributed by atoms with E-state index in [0.29, 0.717) is 27.6 Å². The fourth-order valence-corrected chi connectivity index (χ4v) is 2.04. The third-order valence-corrected chi connectivity index (χ3v) is 3.26. The molecule has 0 saturated heterocycles. The lowest BCUT2D eigenvalue weighted by Gasteiger charge is -2.08. The van der Waals surface area contributed by atoms with E-state index in [1.165, 1.54) is 6.07 Å². The molecule has 0 aromatic heterocycles. The zero-order valence-corrected chi connectivity index (χ0v) is 13.5. The van der Waals surface area contributed by atoms with Crippen LogP contribution >= 0.6 is 11.6 Å². The quantitative estimate of drug-likeness (QED) is 0.636. The molecular formula is C17H14ClN2O4-. The highest BCUT2D eigenvalue weighted by molar-refractivity contribution is 6.30. The molecule has 2 aromatic rings. The first-order valence-electron chi connectivity index (χ1n) is 6.99. The summed E-state index contributed by atoms with van der Waals surface area (Å²) in [5.74, 6) is -1.33. The molecule has 7 heteroatoms. The van der Waals surface area contributed by atoms with Gasteiger partial charge in [0.25, 0.3) is 5.91 Å². The zero-order valence-electron chi connectivity index (χ0n) is 12.8. The molecule has 0 saturated carbocycles. The smallest absolute Gasteiger partial charge is 0.271 e. The van der Waals surface area contributed by atoms with Crippen molar-refractivity contribution in [3.05, 3.63) is 64.7 Å². The van der Waals surface area contributed by atoms with Gasteiger partial charge in [0.15, 0.2) is 0 Å². The second-order valence-electron chi connectivity index (χ2n) is 4.84. The van der Waals surface area contributed by atoms with Crippen LogP contribution in [0.15, 0.2) is 53.6 Å². The monoisotopic (exact) mass is 345 g/mol. The average molecular weight is 346 g/mol. The summed E-state index contributed by atoms with van der Waals surface area (Å²) in [4.78, 5) is 22.4. The summed E-state index contributed by atoms with van der Waals surface area (Å²) in [6, 6.07) is 13.2. The molecule has 0 bridgehead atoms. The number of hydrogen-bond acceptors (Lipinski definition) is 5. The molecule has 0 radical (unpaired) electrons. The van der Waals surface area contributed by atoms with Crippen LogP contribution in [0.5, 0.6) is 5.75 Å². The van der Waals surface area contributed by atoms with E-state index < -0.39 is 12.6 Å². The van der Waals surface area contributed by atoms with Crippen molar-refractivity contribution in [3.63, 3.8) is 0 Å². The van der Waals surface area contributed by atoms with Gasteiger partial charge in [0.1, 0.15) is 12.4 Å². The molecule has 0 aliphatic rings. The van der Waals surface area contributed by atoms with Crippen molar-refractivity contribution in [2.75, 3.05) is 6.61 Å². The van der Waals surface area contributed by atoms with Crippen LogP contribution in [-0.4, -0.2) is 24.2 Å². The van der Waals surface area contributed by atoms with Gasteiger partial charge in [-0.2, -0.15) is 5.10 Å². The summed E-state index contributed by atoms with van der Waals surface area (Å²) >= 11 is 5.84. The average Bonchev–Trinajstić information content (AvgIpc) is 2.57. The molecule has 0 unspecified atom stereocenters. The molecule has 1 amide bonds.